The van der Waals surface area contributed by atoms with Crippen molar-refractivity contribution >= 4 is 44.5 Å². The van der Waals surface area contributed by atoms with Crippen LogP contribution in [0.5, 0.6) is 0 Å². The Bertz CT molecular complexity index is 572. The van der Waals surface area contributed by atoms with E-state index in [9.17, 15) is 8.42 Å². The van der Waals surface area contributed by atoms with Gasteiger partial charge >= 0.3 is 0 Å². The first kappa shape index (κ1) is 12.6. The maximum Gasteiger partial charge on any atom is 0.235 e. The van der Waals surface area contributed by atoms with Gasteiger partial charge < -0.3 is 5.73 Å². The summed E-state index contributed by atoms with van der Waals surface area (Å²) in [4.78, 5) is 0.239. The minimum Gasteiger partial charge on any atom is -0.389 e. The second kappa shape index (κ2) is 4.44. The standard InChI is InChI=1S/C10H11ClN2O2S2/c11-8-6-7(10(12)16)2-3-9(8)13-4-1-5-17(13,14)15/h2-3,6H,1,4-5H2,(H2,12,16). The maximum atomic E-state index is 11.8. The fourth-order valence-electron chi connectivity index (χ4n) is 1.77. The number of thiocarbonyl (C=S) groups is 1. The molecule has 0 unspecified atom stereocenters. The summed E-state index contributed by atoms with van der Waals surface area (Å²) in [7, 11) is -3.21. The number of halogens is 1. The number of hydrogen-bond acceptors (Lipinski definition) is 3. The van der Waals surface area contributed by atoms with Crippen LogP contribution < -0.4 is 10.0 Å². The molecule has 2 rings (SSSR count). The molecule has 1 aromatic carbocycles. The molecule has 1 aliphatic heterocycles. The van der Waals surface area contributed by atoms with Gasteiger partial charge in [0.25, 0.3) is 0 Å². The number of hydrogen-bond donors (Lipinski definition) is 1. The fraction of sp³-hybridized carbons (Fsp3) is 0.300. The maximum absolute atomic E-state index is 11.8. The summed E-state index contributed by atoms with van der Waals surface area (Å²) < 4.78 is 24.8. The Morgan fingerprint density at radius 1 is 1.47 bits per heavy atom. The third kappa shape index (κ3) is 2.38. The molecule has 92 valence electrons. The van der Waals surface area contributed by atoms with Gasteiger partial charge in [-0.1, -0.05) is 23.8 Å². The van der Waals surface area contributed by atoms with Gasteiger partial charge in [0.15, 0.2) is 0 Å². The molecule has 0 amide bonds. The summed E-state index contributed by atoms with van der Waals surface area (Å²) in [5.41, 5.74) is 6.60. The first-order valence-electron chi connectivity index (χ1n) is 5.01. The predicted molar refractivity (Wildman–Crippen MR) is 73.1 cm³/mol. The van der Waals surface area contributed by atoms with Crippen molar-refractivity contribution in [1.82, 2.24) is 0 Å². The van der Waals surface area contributed by atoms with E-state index in [0.29, 0.717) is 29.2 Å². The molecular weight excluding hydrogens is 280 g/mol. The Balaban J connectivity index is 2.44. The summed E-state index contributed by atoms with van der Waals surface area (Å²) in [5, 5.41) is 0.348. The van der Waals surface area contributed by atoms with Crippen molar-refractivity contribution in [2.45, 2.75) is 6.42 Å². The molecule has 1 saturated heterocycles. The van der Waals surface area contributed by atoms with Crippen LogP contribution in [0.3, 0.4) is 0 Å². The summed E-state index contributed by atoms with van der Waals surface area (Å²) in [6.45, 7) is 0.467. The molecule has 0 bridgehead atoms. The van der Waals surface area contributed by atoms with Gasteiger partial charge in [0.05, 0.1) is 16.5 Å². The largest absolute Gasteiger partial charge is 0.389 e. The number of benzene rings is 1. The molecule has 0 spiro atoms. The Hall–Kier alpha value is -0.850. The number of nitrogens with two attached hydrogens (primary N) is 1. The lowest BCUT2D eigenvalue weighted by molar-refractivity contribution is 0.599. The van der Waals surface area contributed by atoms with Gasteiger partial charge in [0, 0.05) is 12.1 Å². The summed E-state index contributed by atoms with van der Waals surface area (Å²) in [5.74, 6) is 0.167. The van der Waals surface area contributed by atoms with Crippen LogP contribution in [-0.4, -0.2) is 25.7 Å². The number of rotatable bonds is 2. The highest BCUT2D eigenvalue weighted by Gasteiger charge is 2.29. The van der Waals surface area contributed by atoms with Crippen LogP contribution in [0.1, 0.15) is 12.0 Å². The number of nitrogens with zero attached hydrogens (tertiary/aromatic N) is 1. The zero-order chi connectivity index (χ0) is 12.6. The van der Waals surface area contributed by atoms with E-state index in [2.05, 4.69) is 0 Å². The molecule has 0 saturated carbocycles. The van der Waals surface area contributed by atoms with Crippen molar-refractivity contribution in [2.75, 3.05) is 16.6 Å². The Morgan fingerprint density at radius 2 is 2.18 bits per heavy atom. The highest BCUT2D eigenvalue weighted by Crippen LogP contribution is 2.31. The number of sulfonamides is 1. The lowest BCUT2D eigenvalue weighted by Crippen LogP contribution is -2.25. The van der Waals surface area contributed by atoms with Crippen molar-refractivity contribution in [3.63, 3.8) is 0 Å². The van der Waals surface area contributed by atoms with E-state index in [-0.39, 0.29) is 10.7 Å². The van der Waals surface area contributed by atoms with E-state index in [1.54, 1.807) is 18.2 Å². The molecule has 17 heavy (non-hydrogen) atoms. The minimum atomic E-state index is -3.21. The van der Waals surface area contributed by atoms with Gasteiger partial charge in [-0.25, -0.2) is 8.42 Å². The molecule has 1 heterocycles. The SMILES string of the molecule is NC(=S)c1ccc(N2CCCS2(=O)=O)c(Cl)c1. The van der Waals surface area contributed by atoms with Gasteiger partial charge in [-0.2, -0.15) is 0 Å². The van der Waals surface area contributed by atoms with E-state index in [4.69, 9.17) is 29.6 Å². The Labute approximate surface area is 110 Å². The molecular formula is C10H11ClN2O2S2. The average molecular weight is 291 g/mol. The van der Waals surface area contributed by atoms with E-state index in [0.717, 1.165) is 0 Å². The predicted octanol–water partition coefficient (Wildman–Crippen LogP) is 1.51. The molecule has 0 aromatic heterocycles. The minimum absolute atomic E-state index is 0.167. The van der Waals surface area contributed by atoms with Crippen LogP contribution in [-0.2, 0) is 10.0 Å². The zero-order valence-corrected chi connectivity index (χ0v) is 11.3. The van der Waals surface area contributed by atoms with Gasteiger partial charge in [-0.15, -0.1) is 0 Å². The van der Waals surface area contributed by atoms with Gasteiger partial charge in [0.2, 0.25) is 10.0 Å². The van der Waals surface area contributed by atoms with Crippen LogP contribution in [0.15, 0.2) is 18.2 Å². The van der Waals surface area contributed by atoms with E-state index in [1.165, 1.54) is 4.31 Å². The van der Waals surface area contributed by atoms with Crippen molar-refractivity contribution < 1.29 is 8.42 Å². The van der Waals surface area contributed by atoms with E-state index < -0.39 is 10.0 Å². The van der Waals surface area contributed by atoms with Crippen LogP contribution >= 0.6 is 23.8 Å². The summed E-state index contributed by atoms with van der Waals surface area (Å²) in [6, 6.07) is 4.91. The van der Waals surface area contributed by atoms with Crippen LogP contribution in [0, 0.1) is 0 Å². The average Bonchev–Trinajstić information content (AvgIpc) is 2.58. The first-order valence-corrected chi connectivity index (χ1v) is 7.41. The molecule has 7 heteroatoms. The van der Waals surface area contributed by atoms with Gasteiger partial charge in [-0.3, -0.25) is 4.31 Å². The highest BCUT2D eigenvalue weighted by molar-refractivity contribution is 7.93. The van der Waals surface area contributed by atoms with Gasteiger partial charge in [-0.05, 0) is 24.6 Å². The topological polar surface area (TPSA) is 63.4 Å². The zero-order valence-electron chi connectivity index (χ0n) is 8.89. The molecule has 1 aromatic rings. The lowest BCUT2D eigenvalue weighted by Gasteiger charge is -2.18. The first-order chi connectivity index (χ1) is 7.92. The summed E-state index contributed by atoms with van der Waals surface area (Å²) in [6.07, 6.45) is 0.621. The van der Waals surface area contributed by atoms with E-state index in [1.807, 2.05) is 0 Å². The highest BCUT2D eigenvalue weighted by atomic mass is 35.5. The molecule has 2 N–H and O–H groups in total. The quantitative estimate of drug-likeness (QED) is 0.839. The fourth-order valence-corrected chi connectivity index (χ4v) is 3.81. The summed E-state index contributed by atoms with van der Waals surface area (Å²) >= 11 is 10.9. The smallest absolute Gasteiger partial charge is 0.235 e. The number of anilines is 1. The normalized spacial score (nSPS) is 18.3. The van der Waals surface area contributed by atoms with Crippen molar-refractivity contribution in [3.8, 4) is 0 Å². The molecule has 0 radical (unpaired) electrons. The second-order valence-corrected chi connectivity index (χ2v) is 6.63. The molecule has 1 fully saturated rings. The van der Waals surface area contributed by atoms with Crippen LogP contribution in [0.4, 0.5) is 5.69 Å². The van der Waals surface area contributed by atoms with Crippen molar-refractivity contribution in [1.29, 1.82) is 0 Å². The van der Waals surface area contributed by atoms with Crippen LogP contribution in [0.25, 0.3) is 0 Å². The van der Waals surface area contributed by atoms with Crippen molar-refractivity contribution in [3.05, 3.63) is 28.8 Å². The van der Waals surface area contributed by atoms with Gasteiger partial charge in [0.1, 0.15) is 4.99 Å². The Kier molecular flexibility index (Phi) is 3.29. The monoisotopic (exact) mass is 290 g/mol. The van der Waals surface area contributed by atoms with E-state index >= 15 is 0 Å². The second-order valence-electron chi connectivity index (χ2n) is 3.77. The molecule has 1 aliphatic rings. The molecule has 4 nitrogen and oxygen atoms in total. The third-order valence-electron chi connectivity index (χ3n) is 2.60. The molecule has 0 atom stereocenters. The van der Waals surface area contributed by atoms with Crippen LogP contribution in [0.2, 0.25) is 5.02 Å². The lowest BCUT2D eigenvalue weighted by atomic mass is 10.2. The third-order valence-corrected chi connectivity index (χ3v) is 4.99. The van der Waals surface area contributed by atoms with Crippen molar-refractivity contribution in [2.24, 2.45) is 5.73 Å². The Morgan fingerprint density at radius 3 is 2.65 bits per heavy atom. The molecule has 0 aliphatic carbocycles.